The zero-order valence-electron chi connectivity index (χ0n) is 19.0. The summed E-state index contributed by atoms with van der Waals surface area (Å²) < 4.78 is 0. The van der Waals surface area contributed by atoms with Crippen molar-refractivity contribution in [2.24, 2.45) is 0 Å². The van der Waals surface area contributed by atoms with Crippen molar-refractivity contribution < 1.29 is 0 Å². The maximum absolute atomic E-state index is 2.60. The molecule has 2 aliphatic carbocycles. The van der Waals surface area contributed by atoms with Crippen LogP contribution < -0.4 is 4.90 Å². The van der Waals surface area contributed by atoms with E-state index in [1.807, 2.05) is 0 Å². The molecule has 3 aromatic carbocycles. The van der Waals surface area contributed by atoms with Gasteiger partial charge in [0, 0.05) is 23.8 Å². The van der Waals surface area contributed by atoms with Gasteiger partial charge in [-0.05, 0) is 64.6 Å². The van der Waals surface area contributed by atoms with Gasteiger partial charge in [0.15, 0.2) is 0 Å². The molecule has 0 N–H and O–H groups in total. The molecule has 1 aliphatic heterocycles. The lowest BCUT2D eigenvalue weighted by Gasteiger charge is -2.33. The molecule has 0 saturated carbocycles. The van der Waals surface area contributed by atoms with Crippen LogP contribution >= 0.6 is 0 Å². The lowest BCUT2D eigenvalue weighted by Crippen LogP contribution is -2.35. The molecule has 154 valence electrons. The third kappa shape index (κ3) is 2.43. The smallest absolute Gasteiger partial charge is 0.0932 e. The number of hydrogen-bond acceptors (Lipinski definition) is 1. The largest absolute Gasteiger partial charge is 0.363 e. The van der Waals surface area contributed by atoms with E-state index in [4.69, 9.17) is 0 Å². The summed E-state index contributed by atoms with van der Waals surface area (Å²) in [5.74, 6) is 0. The Balaban J connectivity index is 1.64. The summed E-state index contributed by atoms with van der Waals surface area (Å²) in [5, 5.41) is 1.66. The van der Waals surface area contributed by atoms with E-state index in [0.29, 0.717) is 11.6 Å². The Morgan fingerprint density at radius 1 is 0.774 bits per heavy atom. The summed E-state index contributed by atoms with van der Waals surface area (Å²) in [4.78, 5) is 2.50. The van der Waals surface area contributed by atoms with Crippen molar-refractivity contribution >= 4 is 30.1 Å². The molecule has 3 aromatic rings. The van der Waals surface area contributed by atoms with Crippen molar-refractivity contribution in [3.05, 3.63) is 106 Å². The number of hydrogen-bond donors (Lipinski definition) is 0. The second-order valence-corrected chi connectivity index (χ2v) is 14.6. The highest BCUT2D eigenvalue weighted by atomic mass is 28.3. The van der Waals surface area contributed by atoms with Crippen molar-refractivity contribution in [3.8, 4) is 0 Å². The zero-order chi connectivity index (χ0) is 21.5. The predicted molar refractivity (Wildman–Crippen MR) is 136 cm³/mol. The number of nitrogens with zero attached hydrogens (tertiary/aromatic N) is 1. The summed E-state index contributed by atoms with van der Waals surface area (Å²) >= 11 is 0. The molecule has 0 spiro atoms. The molecule has 2 heteroatoms. The van der Waals surface area contributed by atoms with E-state index in [2.05, 4.69) is 112 Å². The van der Waals surface area contributed by atoms with Crippen LogP contribution in [0.1, 0.15) is 51.9 Å². The quantitative estimate of drug-likeness (QED) is 0.391. The second-order valence-electron chi connectivity index (χ2n) is 10.0. The fourth-order valence-corrected chi connectivity index (χ4v) is 10.3. The van der Waals surface area contributed by atoms with Gasteiger partial charge in [0.2, 0.25) is 0 Å². The molecule has 31 heavy (non-hydrogen) atoms. The Kier molecular flexibility index (Phi) is 3.86. The average molecular weight is 420 g/mol. The molecule has 1 heterocycles. The number of aryl methyl sites for hydroxylation is 1. The Morgan fingerprint density at radius 3 is 2.23 bits per heavy atom. The minimum Gasteiger partial charge on any atom is -0.363 e. The monoisotopic (exact) mass is 419 g/mol. The zero-order valence-corrected chi connectivity index (χ0v) is 20.0. The highest BCUT2D eigenvalue weighted by Gasteiger charge is 2.49. The highest BCUT2D eigenvalue weighted by molar-refractivity contribution is 6.97. The number of likely N-dealkylation sites (N-methyl/N-ethyl adjacent to an activating group) is 1. The molecule has 6 rings (SSSR count). The third-order valence-corrected chi connectivity index (χ3v) is 11.7. The van der Waals surface area contributed by atoms with E-state index in [1.165, 1.54) is 44.6 Å². The van der Waals surface area contributed by atoms with Crippen LogP contribution in [0.15, 0.2) is 72.8 Å². The number of rotatable bonds is 2. The first-order valence-electron chi connectivity index (χ1n) is 11.3. The summed E-state index contributed by atoms with van der Waals surface area (Å²) in [6, 6.07) is 25.6. The number of benzene rings is 3. The number of allylic oxidation sites excluding steroid dienone is 2. The Morgan fingerprint density at radius 2 is 1.45 bits per heavy atom. The molecule has 0 amide bonds. The van der Waals surface area contributed by atoms with Gasteiger partial charge in [-0.15, -0.1) is 0 Å². The molecule has 2 unspecified atom stereocenters. The van der Waals surface area contributed by atoms with Crippen molar-refractivity contribution in [2.75, 3.05) is 11.9 Å². The highest BCUT2D eigenvalue weighted by Crippen LogP contribution is 2.60. The normalized spacial score (nSPS) is 21.1. The Hall–Kier alpha value is -2.84. The van der Waals surface area contributed by atoms with Gasteiger partial charge in [0.25, 0.3) is 0 Å². The first-order chi connectivity index (χ1) is 14.9. The van der Waals surface area contributed by atoms with Crippen molar-refractivity contribution in [1.29, 1.82) is 0 Å². The van der Waals surface area contributed by atoms with Crippen LogP contribution in [-0.4, -0.2) is 15.1 Å². The molecule has 1 nitrogen and oxygen atoms in total. The van der Waals surface area contributed by atoms with Gasteiger partial charge in [-0.3, -0.25) is 0 Å². The second kappa shape index (κ2) is 6.33. The van der Waals surface area contributed by atoms with Crippen molar-refractivity contribution in [3.63, 3.8) is 0 Å². The standard InChI is InChI=1S/C29H29NSi/c1-18-14-15-25-24(16-18)27-28(30(25)3)22-12-8-9-13-23(22)29(27)31(4,5)26-17-19(2)20-10-6-7-11-21(20)26/h6-17,26,28H,1-5H3. The number of anilines is 1. The van der Waals surface area contributed by atoms with E-state index in [0.717, 1.165) is 0 Å². The van der Waals surface area contributed by atoms with E-state index in [1.54, 1.807) is 10.8 Å². The first-order valence-corrected chi connectivity index (χ1v) is 14.4. The van der Waals surface area contributed by atoms with Gasteiger partial charge in [0.05, 0.1) is 14.1 Å². The third-order valence-electron chi connectivity index (χ3n) is 7.84. The van der Waals surface area contributed by atoms with Crippen LogP contribution in [0.2, 0.25) is 13.1 Å². The van der Waals surface area contributed by atoms with E-state index in [9.17, 15) is 0 Å². The molecule has 2 atom stereocenters. The maximum Gasteiger partial charge on any atom is 0.0932 e. The van der Waals surface area contributed by atoms with Gasteiger partial charge in [0.1, 0.15) is 0 Å². The minimum atomic E-state index is -1.91. The van der Waals surface area contributed by atoms with Gasteiger partial charge < -0.3 is 4.90 Å². The van der Waals surface area contributed by atoms with Crippen LogP contribution in [0.3, 0.4) is 0 Å². The van der Waals surface area contributed by atoms with Crippen LogP contribution in [0.4, 0.5) is 5.69 Å². The molecule has 0 aromatic heterocycles. The molecule has 0 radical (unpaired) electrons. The van der Waals surface area contributed by atoms with E-state index in [-0.39, 0.29) is 0 Å². The van der Waals surface area contributed by atoms with Crippen molar-refractivity contribution in [1.82, 2.24) is 0 Å². The lowest BCUT2D eigenvalue weighted by molar-refractivity contribution is 0.870. The van der Waals surface area contributed by atoms with Crippen LogP contribution in [0.25, 0.3) is 16.3 Å². The van der Waals surface area contributed by atoms with Crippen LogP contribution in [0, 0.1) is 6.92 Å². The lowest BCUT2D eigenvalue weighted by atomic mass is 10.0. The maximum atomic E-state index is 2.60. The van der Waals surface area contributed by atoms with Gasteiger partial charge in [-0.2, -0.15) is 0 Å². The van der Waals surface area contributed by atoms with Crippen molar-refractivity contribution in [2.45, 2.75) is 38.5 Å². The molecule has 0 saturated heterocycles. The average Bonchev–Trinajstić information content (AvgIpc) is 3.38. The van der Waals surface area contributed by atoms with Crippen LogP contribution in [-0.2, 0) is 0 Å². The summed E-state index contributed by atoms with van der Waals surface area (Å²) in [6.07, 6.45) is 2.57. The predicted octanol–water partition coefficient (Wildman–Crippen LogP) is 7.40. The Bertz CT molecular complexity index is 1310. The van der Waals surface area contributed by atoms with Gasteiger partial charge in [-0.1, -0.05) is 79.3 Å². The molecule has 0 bridgehead atoms. The fraction of sp³-hybridized carbons (Fsp3) is 0.241. The number of fused-ring (bicyclic) bond motifs is 6. The van der Waals surface area contributed by atoms with E-state index < -0.39 is 8.07 Å². The SMILES string of the molecule is CC1=CC([Si](C)(C)C2=C3c4cc(C)ccc4N(C)C3c3ccccc32)c2ccccc21. The summed E-state index contributed by atoms with van der Waals surface area (Å²) in [5.41, 5.74) is 13.7. The van der Waals surface area contributed by atoms with Crippen LogP contribution in [0.5, 0.6) is 0 Å². The molecule has 0 fully saturated rings. The first kappa shape index (κ1) is 18.9. The molecule has 3 aliphatic rings. The summed E-state index contributed by atoms with van der Waals surface area (Å²) in [6.45, 7) is 9.70. The van der Waals surface area contributed by atoms with Gasteiger partial charge in [-0.25, -0.2) is 0 Å². The van der Waals surface area contributed by atoms with Gasteiger partial charge >= 0.3 is 0 Å². The molecular weight excluding hydrogens is 390 g/mol. The van der Waals surface area contributed by atoms with E-state index >= 15 is 0 Å². The minimum absolute atomic E-state index is 0.344. The Labute approximate surface area is 186 Å². The molecular formula is C29H29NSi. The topological polar surface area (TPSA) is 3.24 Å². The fourth-order valence-electron chi connectivity index (χ4n) is 6.40. The summed E-state index contributed by atoms with van der Waals surface area (Å²) in [7, 11) is 0.367.